The predicted molar refractivity (Wildman–Crippen MR) is 82.7 cm³/mol. The van der Waals surface area contributed by atoms with Crippen LogP contribution in [0.4, 0.5) is 0 Å². The number of rotatable bonds is 3. The third-order valence-corrected chi connectivity index (χ3v) is 5.28. The van der Waals surface area contributed by atoms with Crippen molar-refractivity contribution < 1.29 is 4.79 Å². The highest BCUT2D eigenvalue weighted by molar-refractivity contribution is 5.82. The van der Waals surface area contributed by atoms with Gasteiger partial charge >= 0.3 is 0 Å². The largest absolute Gasteiger partial charge is 0.338 e. The zero-order valence-electron chi connectivity index (χ0n) is 13.0. The Morgan fingerprint density at radius 2 is 2.05 bits per heavy atom. The fourth-order valence-corrected chi connectivity index (χ4v) is 3.81. The molecule has 1 aliphatic carbocycles. The van der Waals surface area contributed by atoms with Gasteiger partial charge in [-0.2, -0.15) is 0 Å². The van der Waals surface area contributed by atoms with Gasteiger partial charge in [-0.15, -0.1) is 0 Å². The lowest BCUT2D eigenvalue weighted by Crippen LogP contribution is -2.44. The number of nitrogens with one attached hydrogen (secondary N) is 1. The first-order chi connectivity index (χ1) is 10.2. The van der Waals surface area contributed by atoms with Gasteiger partial charge in [-0.05, 0) is 49.8 Å². The standard InChI is InChI=1S/C17H25N3O/c1-12(13-7-9-18-10-8-13)20(2)17(21)16-11-14-5-3-4-6-15(14)19-16/h7-10,12,14-16,19H,3-6,11H2,1-2H3. The number of amides is 1. The molecule has 0 bridgehead atoms. The summed E-state index contributed by atoms with van der Waals surface area (Å²) in [4.78, 5) is 18.7. The second-order valence-electron chi connectivity index (χ2n) is 6.51. The first-order valence-electron chi connectivity index (χ1n) is 8.09. The highest BCUT2D eigenvalue weighted by atomic mass is 16.2. The number of pyridine rings is 1. The number of hydrogen-bond donors (Lipinski definition) is 1. The summed E-state index contributed by atoms with van der Waals surface area (Å²) in [5, 5.41) is 3.58. The van der Waals surface area contributed by atoms with Gasteiger partial charge in [0.25, 0.3) is 0 Å². The monoisotopic (exact) mass is 287 g/mol. The second kappa shape index (κ2) is 6.14. The lowest BCUT2D eigenvalue weighted by molar-refractivity contribution is -0.133. The van der Waals surface area contributed by atoms with Crippen LogP contribution in [0.3, 0.4) is 0 Å². The van der Waals surface area contributed by atoms with E-state index in [9.17, 15) is 4.79 Å². The molecule has 114 valence electrons. The maximum Gasteiger partial charge on any atom is 0.239 e. The maximum absolute atomic E-state index is 12.8. The lowest BCUT2D eigenvalue weighted by atomic mass is 9.85. The molecule has 0 aromatic carbocycles. The van der Waals surface area contributed by atoms with E-state index in [1.807, 2.05) is 24.1 Å². The van der Waals surface area contributed by atoms with Crippen molar-refractivity contribution >= 4 is 5.91 Å². The minimum Gasteiger partial charge on any atom is -0.338 e. The van der Waals surface area contributed by atoms with Gasteiger partial charge in [0, 0.05) is 25.5 Å². The molecule has 4 heteroatoms. The zero-order valence-corrected chi connectivity index (χ0v) is 13.0. The number of carbonyl (C=O) groups is 1. The molecule has 2 heterocycles. The lowest BCUT2D eigenvalue weighted by Gasteiger charge is -2.28. The Morgan fingerprint density at radius 1 is 1.33 bits per heavy atom. The topological polar surface area (TPSA) is 45.2 Å². The van der Waals surface area contributed by atoms with Gasteiger partial charge in [-0.1, -0.05) is 12.8 Å². The van der Waals surface area contributed by atoms with E-state index in [0.29, 0.717) is 12.0 Å². The van der Waals surface area contributed by atoms with Crippen LogP contribution >= 0.6 is 0 Å². The van der Waals surface area contributed by atoms with Crippen molar-refractivity contribution in [3.63, 3.8) is 0 Å². The van der Waals surface area contributed by atoms with Crippen molar-refractivity contribution in [3.8, 4) is 0 Å². The van der Waals surface area contributed by atoms with Gasteiger partial charge in [0.05, 0.1) is 12.1 Å². The number of likely N-dealkylation sites (N-methyl/N-ethyl adjacent to an activating group) is 1. The average molecular weight is 287 g/mol. The first kappa shape index (κ1) is 14.5. The van der Waals surface area contributed by atoms with Crippen LogP contribution in [0.5, 0.6) is 0 Å². The van der Waals surface area contributed by atoms with Crippen LogP contribution in [0.1, 0.15) is 50.6 Å². The molecule has 1 N–H and O–H groups in total. The Hall–Kier alpha value is -1.42. The molecule has 1 aromatic heterocycles. The molecule has 0 radical (unpaired) electrons. The molecular formula is C17H25N3O. The van der Waals surface area contributed by atoms with E-state index in [1.165, 1.54) is 25.7 Å². The summed E-state index contributed by atoms with van der Waals surface area (Å²) in [5.41, 5.74) is 1.14. The van der Waals surface area contributed by atoms with Crippen LogP contribution in [-0.2, 0) is 4.79 Å². The third-order valence-electron chi connectivity index (χ3n) is 5.28. The van der Waals surface area contributed by atoms with Crippen LogP contribution in [-0.4, -0.2) is 34.9 Å². The maximum atomic E-state index is 12.8. The van der Waals surface area contributed by atoms with Gasteiger partial charge in [0.15, 0.2) is 0 Å². The Kier molecular flexibility index (Phi) is 4.24. The fraction of sp³-hybridized carbons (Fsp3) is 0.647. The predicted octanol–water partition coefficient (Wildman–Crippen LogP) is 2.52. The van der Waals surface area contributed by atoms with Crippen LogP contribution in [0, 0.1) is 5.92 Å². The minimum atomic E-state index is 0.00684. The number of aromatic nitrogens is 1. The molecule has 0 spiro atoms. The highest BCUT2D eigenvalue weighted by Crippen LogP contribution is 2.34. The summed E-state index contributed by atoms with van der Waals surface area (Å²) >= 11 is 0. The van der Waals surface area contributed by atoms with Gasteiger partial charge < -0.3 is 10.2 Å². The summed E-state index contributed by atoms with van der Waals surface area (Å²) in [7, 11) is 1.91. The molecule has 1 amide bonds. The van der Waals surface area contributed by atoms with E-state index in [0.717, 1.165) is 12.0 Å². The van der Waals surface area contributed by atoms with Crippen molar-refractivity contribution in [1.82, 2.24) is 15.2 Å². The summed E-state index contributed by atoms with van der Waals surface area (Å²) in [5.74, 6) is 0.936. The Labute approximate surface area is 126 Å². The Bertz CT molecular complexity index is 476. The summed E-state index contributed by atoms with van der Waals surface area (Å²) < 4.78 is 0. The molecule has 1 saturated carbocycles. The van der Waals surface area contributed by atoms with E-state index >= 15 is 0 Å². The van der Waals surface area contributed by atoms with E-state index in [4.69, 9.17) is 0 Å². The number of carbonyl (C=O) groups excluding carboxylic acids is 1. The zero-order chi connectivity index (χ0) is 14.8. The summed E-state index contributed by atoms with van der Waals surface area (Å²) in [6.45, 7) is 2.08. The van der Waals surface area contributed by atoms with E-state index < -0.39 is 0 Å². The number of fused-ring (bicyclic) bond motifs is 1. The second-order valence-corrected chi connectivity index (χ2v) is 6.51. The molecule has 4 unspecified atom stereocenters. The van der Waals surface area contributed by atoms with Gasteiger partial charge in [0.2, 0.25) is 5.91 Å². The van der Waals surface area contributed by atoms with E-state index in [2.05, 4.69) is 17.2 Å². The van der Waals surface area contributed by atoms with E-state index in [-0.39, 0.29) is 18.0 Å². The van der Waals surface area contributed by atoms with Gasteiger partial charge in [-0.3, -0.25) is 9.78 Å². The van der Waals surface area contributed by atoms with Gasteiger partial charge in [-0.25, -0.2) is 0 Å². The van der Waals surface area contributed by atoms with Crippen LogP contribution in [0.15, 0.2) is 24.5 Å². The van der Waals surface area contributed by atoms with Crippen molar-refractivity contribution in [3.05, 3.63) is 30.1 Å². The van der Waals surface area contributed by atoms with Crippen molar-refractivity contribution in [2.24, 2.45) is 5.92 Å². The van der Waals surface area contributed by atoms with Crippen molar-refractivity contribution in [2.75, 3.05) is 7.05 Å². The van der Waals surface area contributed by atoms with Crippen molar-refractivity contribution in [2.45, 2.75) is 57.2 Å². The SMILES string of the molecule is CC(c1ccncc1)N(C)C(=O)C1CC2CCCCC2N1. The third kappa shape index (κ3) is 2.95. The van der Waals surface area contributed by atoms with Crippen LogP contribution in [0.2, 0.25) is 0 Å². The van der Waals surface area contributed by atoms with Gasteiger partial charge in [0.1, 0.15) is 0 Å². The van der Waals surface area contributed by atoms with Crippen LogP contribution < -0.4 is 5.32 Å². The number of nitrogens with zero attached hydrogens (tertiary/aromatic N) is 2. The molecule has 1 aliphatic heterocycles. The molecule has 1 saturated heterocycles. The fourth-order valence-electron chi connectivity index (χ4n) is 3.81. The normalized spacial score (nSPS) is 29.7. The Balaban J connectivity index is 1.65. The smallest absolute Gasteiger partial charge is 0.239 e. The van der Waals surface area contributed by atoms with Crippen LogP contribution in [0.25, 0.3) is 0 Å². The summed E-state index contributed by atoms with van der Waals surface area (Å²) in [6.07, 6.45) is 9.73. The molecule has 2 aliphatic rings. The number of hydrogen-bond acceptors (Lipinski definition) is 3. The molecule has 1 aromatic rings. The average Bonchev–Trinajstić information content (AvgIpc) is 2.97. The highest BCUT2D eigenvalue weighted by Gasteiger charge is 2.39. The molecule has 4 atom stereocenters. The molecule has 2 fully saturated rings. The summed E-state index contributed by atoms with van der Waals surface area (Å²) in [6, 6.07) is 4.63. The molecule has 21 heavy (non-hydrogen) atoms. The molecular weight excluding hydrogens is 262 g/mol. The van der Waals surface area contributed by atoms with Crippen molar-refractivity contribution in [1.29, 1.82) is 0 Å². The molecule has 3 rings (SSSR count). The quantitative estimate of drug-likeness (QED) is 0.929. The van der Waals surface area contributed by atoms with E-state index in [1.54, 1.807) is 12.4 Å². The minimum absolute atomic E-state index is 0.00684. The molecule has 4 nitrogen and oxygen atoms in total. The first-order valence-corrected chi connectivity index (χ1v) is 8.09. The Morgan fingerprint density at radius 3 is 2.76 bits per heavy atom.